The molecule has 0 fully saturated rings. The Hall–Kier alpha value is -2.79. The molecule has 0 saturated carbocycles. The van der Waals surface area contributed by atoms with Crippen LogP contribution in [0.4, 0.5) is 0 Å². The summed E-state index contributed by atoms with van der Waals surface area (Å²) in [6.45, 7) is 10.4. The topological polar surface area (TPSA) is 46.4 Å². The molecule has 2 aromatic carbocycles. The zero-order valence-electron chi connectivity index (χ0n) is 18.3. The molecule has 5 heteroatoms. The second-order valence-corrected chi connectivity index (χ2v) is 8.77. The van der Waals surface area contributed by atoms with Crippen LogP contribution in [0.3, 0.4) is 0 Å². The summed E-state index contributed by atoms with van der Waals surface area (Å²) in [6.07, 6.45) is 1.72. The predicted molar refractivity (Wildman–Crippen MR) is 128 cm³/mol. The van der Waals surface area contributed by atoms with Crippen molar-refractivity contribution in [2.45, 2.75) is 40.4 Å². The van der Waals surface area contributed by atoms with Crippen LogP contribution in [-0.2, 0) is 10.5 Å². The third-order valence-electron chi connectivity index (χ3n) is 4.91. The number of hydrogen-bond donors (Lipinski definition) is 1. The van der Waals surface area contributed by atoms with Crippen LogP contribution in [0, 0.1) is 34.6 Å². The third-order valence-corrected chi connectivity index (χ3v) is 5.91. The van der Waals surface area contributed by atoms with Gasteiger partial charge in [-0.1, -0.05) is 41.5 Å². The number of hydrazone groups is 1. The molecule has 4 nitrogen and oxygen atoms in total. The maximum atomic E-state index is 12.1. The van der Waals surface area contributed by atoms with Gasteiger partial charge in [0, 0.05) is 28.4 Å². The molecule has 156 valence electrons. The minimum Gasteiger partial charge on any atom is -0.318 e. The van der Waals surface area contributed by atoms with Crippen LogP contribution in [0.2, 0.25) is 0 Å². The number of aromatic nitrogens is 1. The fraction of sp³-hybridized carbons (Fsp3) is 0.280. The van der Waals surface area contributed by atoms with E-state index in [1.807, 2.05) is 0 Å². The van der Waals surface area contributed by atoms with Crippen LogP contribution in [0.5, 0.6) is 0 Å². The molecule has 1 heterocycles. The Morgan fingerprint density at radius 1 is 1.00 bits per heavy atom. The van der Waals surface area contributed by atoms with E-state index in [1.165, 1.54) is 22.3 Å². The maximum absolute atomic E-state index is 12.1. The number of nitrogens with one attached hydrogen (secondary N) is 1. The molecule has 1 aromatic heterocycles. The fourth-order valence-electron chi connectivity index (χ4n) is 3.70. The molecule has 1 N–H and O–H groups in total. The number of thioether (sulfide) groups is 1. The molecule has 30 heavy (non-hydrogen) atoms. The Kier molecular flexibility index (Phi) is 7.16. The van der Waals surface area contributed by atoms with Crippen molar-refractivity contribution >= 4 is 23.9 Å². The minimum atomic E-state index is -0.0897. The second-order valence-electron chi connectivity index (χ2n) is 7.78. The number of carbonyl (C=O) groups is 1. The molecule has 1 amide bonds. The Balaban J connectivity index is 1.56. The van der Waals surface area contributed by atoms with E-state index in [9.17, 15) is 4.79 Å². The SMILES string of the molecule is Cc1cc(C)cc(CSCC(=O)N/N=C/c2cc(C)n(-c3cccc(C)c3)c2C)c1. The number of benzene rings is 2. The predicted octanol–water partition coefficient (Wildman–Crippen LogP) is 5.40. The second kappa shape index (κ2) is 9.81. The summed E-state index contributed by atoms with van der Waals surface area (Å²) in [5.41, 5.74) is 12.0. The monoisotopic (exact) mass is 419 g/mol. The molecule has 0 saturated heterocycles. The first-order valence-corrected chi connectivity index (χ1v) is 11.2. The average molecular weight is 420 g/mol. The number of carbonyl (C=O) groups excluding carboxylic acids is 1. The Labute approximate surface area is 183 Å². The van der Waals surface area contributed by atoms with Gasteiger partial charge in [0.05, 0.1) is 12.0 Å². The summed E-state index contributed by atoms with van der Waals surface area (Å²) in [5.74, 6) is 1.11. The molecule has 3 rings (SSSR count). The normalized spacial score (nSPS) is 11.2. The number of rotatable bonds is 7. The van der Waals surface area contributed by atoms with Crippen LogP contribution in [0.15, 0.2) is 53.6 Å². The zero-order valence-corrected chi connectivity index (χ0v) is 19.1. The van der Waals surface area contributed by atoms with Gasteiger partial charge in [0.25, 0.3) is 0 Å². The summed E-state index contributed by atoms with van der Waals surface area (Å²) in [7, 11) is 0. The van der Waals surface area contributed by atoms with E-state index in [0.29, 0.717) is 5.75 Å². The molecular formula is C25H29N3OS. The van der Waals surface area contributed by atoms with Gasteiger partial charge >= 0.3 is 0 Å². The van der Waals surface area contributed by atoms with Gasteiger partial charge in [-0.2, -0.15) is 5.10 Å². The van der Waals surface area contributed by atoms with Gasteiger partial charge in [0.2, 0.25) is 5.91 Å². The van der Waals surface area contributed by atoms with E-state index < -0.39 is 0 Å². The van der Waals surface area contributed by atoms with Crippen LogP contribution in [0.25, 0.3) is 5.69 Å². The zero-order chi connectivity index (χ0) is 21.7. The van der Waals surface area contributed by atoms with Crippen molar-refractivity contribution in [2.24, 2.45) is 5.10 Å². The van der Waals surface area contributed by atoms with E-state index in [2.05, 4.69) is 98.2 Å². The van der Waals surface area contributed by atoms with Gasteiger partial charge in [-0.25, -0.2) is 5.43 Å². The highest BCUT2D eigenvalue weighted by Gasteiger charge is 2.09. The number of nitrogens with zero attached hydrogens (tertiary/aromatic N) is 2. The number of aryl methyl sites for hydroxylation is 4. The first-order chi connectivity index (χ1) is 14.3. The van der Waals surface area contributed by atoms with Crippen molar-refractivity contribution in [2.75, 3.05) is 5.75 Å². The molecule has 3 aromatic rings. The van der Waals surface area contributed by atoms with Gasteiger partial charge in [0.15, 0.2) is 0 Å². The van der Waals surface area contributed by atoms with Gasteiger partial charge in [-0.05, 0) is 63.9 Å². The average Bonchev–Trinajstić information content (AvgIpc) is 2.94. The largest absolute Gasteiger partial charge is 0.318 e. The van der Waals surface area contributed by atoms with Crippen molar-refractivity contribution in [1.29, 1.82) is 0 Å². The molecule has 0 unspecified atom stereocenters. The molecular weight excluding hydrogens is 390 g/mol. The summed E-state index contributed by atoms with van der Waals surface area (Å²) in [5, 5.41) is 4.17. The Morgan fingerprint density at radius 3 is 2.43 bits per heavy atom. The molecule has 0 aliphatic rings. The standard InChI is InChI=1S/C25H29N3OS/c1-17-7-6-8-24(12-17)28-20(4)13-23(21(28)5)14-26-27-25(29)16-30-15-22-10-18(2)9-19(3)11-22/h6-14H,15-16H2,1-5H3,(H,27,29)/b26-14+. The Bertz CT molecular complexity index is 1060. The first-order valence-electron chi connectivity index (χ1n) is 10.1. The lowest BCUT2D eigenvalue weighted by Crippen LogP contribution is -2.19. The highest BCUT2D eigenvalue weighted by Crippen LogP contribution is 2.20. The lowest BCUT2D eigenvalue weighted by molar-refractivity contribution is -0.118. The van der Waals surface area contributed by atoms with E-state index >= 15 is 0 Å². The fourth-order valence-corrected chi connectivity index (χ4v) is 4.46. The number of hydrogen-bond acceptors (Lipinski definition) is 3. The molecule has 0 atom stereocenters. The number of amides is 1. The van der Waals surface area contributed by atoms with Gasteiger partial charge < -0.3 is 4.57 Å². The van der Waals surface area contributed by atoms with Crippen LogP contribution in [0.1, 0.15) is 39.2 Å². The maximum Gasteiger partial charge on any atom is 0.250 e. The summed E-state index contributed by atoms with van der Waals surface area (Å²) in [4.78, 5) is 12.1. The molecule has 0 spiro atoms. The Morgan fingerprint density at radius 2 is 1.73 bits per heavy atom. The van der Waals surface area contributed by atoms with Crippen LogP contribution < -0.4 is 5.43 Å². The van der Waals surface area contributed by atoms with Crippen molar-refractivity contribution in [1.82, 2.24) is 9.99 Å². The van der Waals surface area contributed by atoms with E-state index in [1.54, 1.807) is 18.0 Å². The summed E-state index contributed by atoms with van der Waals surface area (Å²) >= 11 is 1.60. The van der Waals surface area contributed by atoms with Crippen LogP contribution >= 0.6 is 11.8 Å². The highest BCUT2D eigenvalue weighted by molar-refractivity contribution is 7.99. The molecule has 0 aliphatic heterocycles. The summed E-state index contributed by atoms with van der Waals surface area (Å²) < 4.78 is 2.20. The quantitative estimate of drug-likeness (QED) is 0.411. The third kappa shape index (κ3) is 5.63. The lowest BCUT2D eigenvalue weighted by atomic mass is 10.1. The molecule has 0 radical (unpaired) electrons. The molecule has 0 bridgehead atoms. The first kappa shape index (κ1) is 21.9. The van der Waals surface area contributed by atoms with Crippen molar-refractivity contribution in [3.8, 4) is 5.69 Å². The van der Waals surface area contributed by atoms with Gasteiger partial charge in [0.1, 0.15) is 0 Å². The lowest BCUT2D eigenvalue weighted by Gasteiger charge is -2.10. The van der Waals surface area contributed by atoms with E-state index in [4.69, 9.17) is 0 Å². The van der Waals surface area contributed by atoms with Gasteiger partial charge in [-0.15, -0.1) is 11.8 Å². The highest BCUT2D eigenvalue weighted by atomic mass is 32.2. The minimum absolute atomic E-state index is 0.0897. The van der Waals surface area contributed by atoms with Crippen molar-refractivity contribution < 1.29 is 4.79 Å². The van der Waals surface area contributed by atoms with Gasteiger partial charge in [-0.3, -0.25) is 4.79 Å². The van der Waals surface area contributed by atoms with Crippen LogP contribution in [-0.4, -0.2) is 22.4 Å². The van der Waals surface area contributed by atoms with Crippen molar-refractivity contribution in [3.63, 3.8) is 0 Å². The molecule has 0 aliphatic carbocycles. The smallest absolute Gasteiger partial charge is 0.250 e. The summed E-state index contributed by atoms with van der Waals surface area (Å²) in [6, 6.07) is 17.0. The van der Waals surface area contributed by atoms with E-state index in [-0.39, 0.29) is 5.91 Å². The van der Waals surface area contributed by atoms with Crippen molar-refractivity contribution in [3.05, 3.63) is 87.7 Å². The van der Waals surface area contributed by atoms with E-state index in [0.717, 1.165) is 28.4 Å².